The van der Waals surface area contributed by atoms with Crippen molar-refractivity contribution in [1.29, 1.82) is 0 Å². The fraction of sp³-hybridized carbons (Fsp3) is 0.0317. The largest absolute Gasteiger partial charge is 0.350 e. The quantitative estimate of drug-likeness (QED) is 0.112. The predicted octanol–water partition coefficient (Wildman–Crippen LogP) is 11.6. The number of para-hydroxylation sites is 2. The summed E-state index contributed by atoms with van der Waals surface area (Å²) in [5, 5.41) is 17.8. The minimum atomic E-state index is -2.80. The maximum Gasteiger partial charge on any atom is 0.179 e. The van der Waals surface area contributed by atoms with Crippen LogP contribution >= 0.6 is 0 Å². The van der Waals surface area contributed by atoms with Gasteiger partial charge in [0, 0.05) is 38.5 Å². The average Bonchev–Trinajstić information content (AvgIpc) is 3.93. The molecule has 2 aromatic heterocycles. The summed E-state index contributed by atoms with van der Waals surface area (Å²) < 4.78 is 4.93. The Hall–Kier alpha value is -8.55. The molecule has 328 valence electrons. The fourth-order valence-electron chi connectivity index (χ4n) is 11.1. The molecule has 6 heteroatoms. The highest BCUT2D eigenvalue weighted by atomic mass is 28.3. The van der Waals surface area contributed by atoms with Crippen LogP contribution in [0, 0.1) is 0 Å². The third-order valence-electron chi connectivity index (χ3n) is 14.1. The van der Waals surface area contributed by atoms with Gasteiger partial charge in [0.25, 0.3) is 0 Å². The molecule has 0 saturated carbocycles. The summed E-state index contributed by atoms with van der Waals surface area (Å²) in [4.78, 5) is 5.32. The predicted molar refractivity (Wildman–Crippen MR) is 290 cm³/mol. The van der Waals surface area contributed by atoms with Crippen LogP contribution in [0.3, 0.4) is 0 Å². The molecule has 0 bridgehead atoms. The molecule has 0 spiro atoms. The van der Waals surface area contributed by atoms with Crippen molar-refractivity contribution in [2.24, 2.45) is 4.99 Å². The molecule has 2 atom stereocenters. The van der Waals surface area contributed by atoms with Crippen LogP contribution in [0.4, 0.5) is 0 Å². The van der Waals surface area contributed by atoms with Gasteiger partial charge in [-0.2, -0.15) is 0 Å². The average molecular weight is 902 g/mol. The maximum absolute atomic E-state index is 5.32. The zero-order chi connectivity index (χ0) is 45.7. The van der Waals surface area contributed by atoms with Gasteiger partial charge in [-0.25, -0.2) is 4.99 Å². The Morgan fingerprint density at radius 2 is 0.797 bits per heavy atom. The topological polar surface area (TPSA) is 46.3 Å². The first-order valence-corrected chi connectivity index (χ1v) is 25.8. The lowest BCUT2D eigenvalue weighted by molar-refractivity contribution is 0.409. The monoisotopic (exact) mass is 901 g/mol. The van der Waals surface area contributed by atoms with E-state index in [2.05, 4.69) is 281 Å². The summed E-state index contributed by atoms with van der Waals surface area (Å²) in [6.07, 6.45) is -0.352. The first-order valence-electron chi connectivity index (χ1n) is 23.8. The van der Waals surface area contributed by atoms with Gasteiger partial charge in [-0.05, 0) is 80.4 Å². The van der Waals surface area contributed by atoms with E-state index in [0.717, 1.165) is 50.5 Å². The summed E-state index contributed by atoms with van der Waals surface area (Å²) in [5.41, 5.74) is 10.1. The summed E-state index contributed by atoms with van der Waals surface area (Å²) >= 11 is 0. The van der Waals surface area contributed by atoms with E-state index in [1.165, 1.54) is 47.8 Å². The minimum absolute atomic E-state index is 0.129. The van der Waals surface area contributed by atoms with Crippen molar-refractivity contribution in [3.63, 3.8) is 0 Å². The van der Waals surface area contributed by atoms with E-state index in [-0.39, 0.29) is 12.3 Å². The Kier molecular flexibility index (Phi) is 10.00. The molecule has 3 heterocycles. The standard InChI is InChI=1S/C63H47N5Si/c1-6-22-44(23-7-1)61-64-62(45-24-8-2-9-25-45)66-63(65-61)46-26-20-27-47(40-46)67-57-38-18-16-36-53(57)55-42-56-54-37-17-19-39-58(54)68(60(56)43-59(55)67)48-28-21-35-52(41-48)69(49-29-10-3-11-30-49,50-31-12-4-13-32-50)51-33-14-5-15-34-51/h1-43,61-62,64H,(H,65,66). The zero-order valence-corrected chi connectivity index (χ0v) is 38.8. The van der Waals surface area contributed by atoms with Crippen LogP contribution in [0.15, 0.2) is 266 Å². The second-order valence-corrected chi connectivity index (χ2v) is 21.8. The summed E-state index contributed by atoms with van der Waals surface area (Å²) in [5.74, 6) is 0.850. The molecule has 0 fully saturated rings. The highest BCUT2D eigenvalue weighted by Gasteiger charge is 2.41. The summed E-state index contributed by atoms with van der Waals surface area (Å²) in [6, 6.07) is 95.4. The number of benzene rings is 10. The lowest BCUT2D eigenvalue weighted by Crippen LogP contribution is -2.74. The Balaban J connectivity index is 1.02. The van der Waals surface area contributed by atoms with Crippen molar-refractivity contribution in [1.82, 2.24) is 19.8 Å². The van der Waals surface area contributed by atoms with Gasteiger partial charge < -0.3 is 14.5 Å². The highest BCUT2D eigenvalue weighted by Crippen LogP contribution is 2.40. The molecule has 10 aromatic carbocycles. The van der Waals surface area contributed by atoms with E-state index in [1.54, 1.807) is 0 Å². The van der Waals surface area contributed by atoms with E-state index in [4.69, 9.17) is 4.99 Å². The Morgan fingerprint density at radius 3 is 1.35 bits per heavy atom. The van der Waals surface area contributed by atoms with E-state index >= 15 is 0 Å². The van der Waals surface area contributed by atoms with Gasteiger partial charge in [0.15, 0.2) is 8.07 Å². The van der Waals surface area contributed by atoms with Gasteiger partial charge in [-0.1, -0.05) is 212 Å². The number of nitrogens with one attached hydrogen (secondary N) is 2. The third-order valence-corrected chi connectivity index (χ3v) is 18.9. The number of amidine groups is 1. The number of nitrogens with zero attached hydrogens (tertiary/aromatic N) is 3. The van der Waals surface area contributed by atoms with Crippen LogP contribution in [0.1, 0.15) is 29.0 Å². The lowest BCUT2D eigenvalue weighted by atomic mass is 10.1. The SMILES string of the molecule is c1ccc(C2N=C(c3cccc(-n4c5ccccc5c5cc6c7ccccc7n(-c7cccc([Si](c8ccccc8)(c8ccccc8)c8ccccc8)c7)c6cc54)c3)NC(c3ccccc3)N2)cc1. The number of aromatic nitrogens is 2. The lowest BCUT2D eigenvalue weighted by Gasteiger charge is -2.34. The van der Waals surface area contributed by atoms with Crippen LogP contribution in [-0.2, 0) is 0 Å². The van der Waals surface area contributed by atoms with Crippen molar-refractivity contribution in [2.75, 3.05) is 0 Å². The van der Waals surface area contributed by atoms with E-state index < -0.39 is 8.07 Å². The fourth-order valence-corrected chi connectivity index (χ4v) is 15.8. The summed E-state index contributed by atoms with van der Waals surface area (Å²) in [6.45, 7) is 0. The molecule has 69 heavy (non-hydrogen) atoms. The van der Waals surface area contributed by atoms with Crippen LogP contribution in [0.5, 0.6) is 0 Å². The van der Waals surface area contributed by atoms with Crippen LogP contribution in [0.2, 0.25) is 0 Å². The first kappa shape index (κ1) is 40.7. The Morgan fingerprint density at radius 1 is 0.348 bits per heavy atom. The molecule has 1 aliphatic heterocycles. The number of aliphatic imine (C=N–C) groups is 1. The molecular formula is C63H47N5Si. The molecule has 5 nitrogen and oxygen atoms in total. The van der Waals surface area contributed by atoms with Crippen molar-refractivity contribution in [3.05, 3.63) is 278 Å². The normalized spacial score (nSPS) is 15.1. The van der Waals surface area contributed by atoms with Gasteiger partial charge in [-0.15, -0.1) is 0 Å². The first-order chi connectivity index (χ1) is 34.2. The van der Waals surface area contributed by atoms with Crippen molar-refractivity contribution in [3.8, 4) is 11.4 Å². The Labute approximate surface area is 402 Å². The molecule has 12 aromatic rings. The van der Waals surface area contributed by atoms with Gasteiger partial charge in [-0.3, -0.25) is 5.32 Å². The van der Waals surface area contributed by atoms with Crippen LogP contribution in [-0.4, -0.2) is 23.0 Å². The molecule has 1 aliphatic rings. The smallest absolute Gasteiger partial charge is 0.179 e. The molecule has 13 rings (SSSR count). The molecule has 0 saturated heterocycles. The van der Waals surface area contributed by atoms with Crippen molar-refractivity contribution >= 4 is 78.3 Å². The number of fused-ring (bicyclic) bond motifs is 6. The molecule has 2 unspecified atom stereocenters. The molecular weight excluding hydrogens is 855 g/mol. The van der Waals surface area contributed by atoms with E-state index in [0.29, 0.717) is 0 Å². The molecule has 0 radical (unpaired) electrons. The third kappa shape index (κ3) is 6.83. The molecule has 0 aliphatic carbocycles. The van der Waals surface area contributed by atoms with Crippen molar-refractivity contribution < 1.29 is 0 Å². The van der Waals surface area contributed by atoms with Crippen molar-refractivity contribution in [2.45, 2.75) is 12.3 Å². The highest BCUT2D eigenvalue weighted by molar-refractivity contribution is 7.19. The van der Waals surface area contributed by atoms with Crippen LogP contribution in [0.25, 0.3) is 55.0 Å². The van der Waals surface area contributed by atoms with E-state index in [9.17, 15) is 0 Å². The number of hydrogen-bond acceptors (Lipinski definition) is 3. The number of rotatable bonds is 9. The van der Waals surface area contributed by atoms with Gasteiger partial charge in [0.2, 0.25) is 0 Å². The van der Waals surface area contributed by atoms with Gasteiger partial charge in [0.05, 0.1) is 22.1 Å². The number of hydrogen-bond donors (Lipinski definition) is 2. The van der Waals surface area contributed by atoms with Gasteiger partial charge in [0.1, 0.15) is 18.2 Å². The Bertz CT molecular complexity index is 3750. The zero-order valence-electron chi connectivity index (χ0n) is 37.8. The second-order valence-electron chi connectivity index (χ2n) is 18.0. The second kappa shape index (κ2) is 17.0. The van der Waals surface area contributed by atoms with Gasteiger partial charge >= 0.3 is 0 Å². The van der Waals surface area contributed by atoms with E-state index in [1.807, 2.05) is 0 Å². The molecule has 0 amide bonds. The van der Waals surface area contributed by atoms with Crippen LogP contribution < -0.4 is 31.4 Å². The summed E-state index contributed by atoms with van der Waals surface area (Å²) in [7, 11) is -2.80. The molecule has 2 N–H and O–H groups in total. The maximum atomic E-state index is 5.32. The minimum Gasteiger partial charge on any atom is -0.350 e.